The summed E-state index contributed by atoms with van der Waals surface area (Å²) in [5, 5.41) is 7.12. The summed E-state index contributed by atoms with van der Waals surface area (Å²) in [5.74, 6) is -0.487. The van der Waals surface area contributed by atoms with Gasteiger partial charge in [0.2, 0.25) is 0 Å². The van der Waals surface area contributed by atoms with Crippen molar-refractivity contribution < 1.29 is 13.9 Å². The normalized spacial score (nSPS) is 11.9. The summed E-state index contributed by atoms with van der Waals surface area (Å²) in [6, 6.07) is 9.97. The molecule has 0 bridgehead atoms. The van der Waals surface area contributed by atoms with Crippen LogP contribution in [-0.2, 0) is 19.9 Å². The number of nitrogens with one attached hydrogen (secondary N) is 1. The van der Waals surface area contributed by atoms with E-state index in [0.29, 0.717) is 17.9 Å². The molecule has 1 atom stereocenters. The Morgan fingerprint density at radius 1 is 1.18 bits per heavy atom. The predicted octanol–water partition coefficient (Wildman–Crippen LogP) is 4.65. The first kappa shape index (κ1) is 24.2. The van der Waals surface area contributed by atoms with Crippen LogP contribution in [0.15, 0.2) is 41.2 Å². The molecule has 2 aromatic carbocycles. The Kier molecular flexibility index (Phi) is 7.68. The molecule has 1 amide bonds. The van der Waals surface area contributed by atoms with Crippen molar-refractivity contribution in [2.45, 2.75) is 59.5 Å². The van der Waals surface area contributed by atoms with Crippen LogP contribution < -0.4 is 15.7 Å². The van der Waals surface area contributed by atoms with Gasteiger partial charge in [-0.1, -0.05) is 45.4 Å². The summed E-state index contributed by atoms with van der Waals surface area (Å²) in [7, 11) is 1.59. The fourth-order valence-electron chi connectivity index (χ4n) is 3.74. The number of carbonyl (C=O) groups is 1. The second-order valence-electron chi connectivity index (χ2n) is 8.00. The van der Waals surface area contributed by atoms with Crippen LogP contribution in [0, 0.1) is 5.82 Å². The standard InChI is InChI=1S/C25H31FN4O3/c1-6-11-16(4)33-22-15-21(30-25(32)29(5)23(8-3)28-30)19(26)14-18(22)24(31)27-20-13-10-9-12-17(20)7-2/h9-10,12-16H,6-8,11H2,1-5H3,(H,27,31). The number of hydrogen-bond donors (Lipinski definition) is 1. The fraction of sp³-hybridized carbons (Fsp3) is 0.400. The van der Waals surface area contributed by atoms with E-state index >= 15 is 4.39 Å². The van der Waals surface area contributed by atoms with E-state index in [4.69, 9.17) is 4.74 Å². The summed E-state index contributed by atoms with van der Waals surface area (Å²) < 4.78 is 23.7. The number of amides is 1. The van der Waals surface area contributed by atoms with Gasteiger partial charge in [0.1, 0.15) is 23.1 Å². The van der Waals surface area contributed by atoms with E-state index in [1.54, 1.807) is 13.1 Å². The van der Waals surface area contributed by atoms with Crippen molar-refractivity contribution in [2.24, 2.45) is 7.05 Å². The SMILES string of the molecule is CCCC(C)Oc1cc(-n2nc(CC)n(C)c2=O)c(F)cc1C(=O)Nc1ccccc1CC. The number of ether oxygens (including phenoxy) is 1. The topological polar surface area (TPSA) is 78.2 Å². The molecule has 0 spiro atoms. The smallest absolute Gasteiger partial charge is 0.350 e. The van der Waals surface area contributed by atoms with Gasteiger partial charge in [-0.3, -0.25) is 9.36 Å². The van der Waals surface area contributed by atoms with E-state index in [9.17, 15) is 9.59 Å². The highest BCUT2D eigenvalue weighted by atomic mass is 19.1. The Hall–Kier alpha value is -3.42. The summed E-state index contributed by atoms with van der Waals surface area (Å²) in [6.07, 6.45) is 2.71. The molecule has 176 valence electrons. The molecule has 1 unspecified atom stereocenters. The number of carbonyl (C=O) groups excluding carboxylic acids is 1. The summed E-state index contributed by atoms with van der Waals surface area (Å²) in [4.78, 5) is 25.8. The molecule has 1 aromatic heterocycles. The van der Waals surface area contributed by atoms with Crippen molar-refractivity contribution in [2.75, 3.05) is 5.32 Å². The van der Waals surface area contributed by atoms with Crippen LogP contribution in [0.25, 0.3) is 5.69 Å². The molecule has 1 N–H and O–H groups in total. The molecule has 0 fully saturated rings. The van der Waals surface area contributed by atoms with E-state index in [1.807, 2.05) is 45.9 Å². The van der Waals surface area contributed by atoms with Crippen LogP contribution >= 0.6 is 0 Å². The van der Waals surface area contributed by atoms with E-state index < -0.39 is 17.4 Å². The monoisotopic (exact) mass is 454 g/mol. The van der Waals surface area contributed by atoms with Gasteiger partial charge in [-0.05, 0) is 37.5 Å². The van der Waals surface area contributed by atoms with Gasteiger partial charge < -0.3 is 10.1 Å². The van der Waals surface area contributed by atoms with Crippen molar-refractivity contribution in [1.82, 2.24) is 14.3 Å². The Balaban J connectivity index is 2.08. The van der Waals surface area contributed by atoms with Crippen LogP contribution in [0.3, 0.4) is 0 Å². The van der Waals surface area contributed by atoms with Gasteiger partial charge in [-0.25, -0.2) is 9.18 Å². The van der Waals surface area contributed by atoms with Gasteiger partial charge in [0.15, 0.2) is 0 Å². The number of halogens is 1. The van der Waals surface area contributed by atoms with Crippen LogP contribution in [-0.4, -0.2) is 26.4 Å². The maximum Gasteiger partial charge on any atom is 0.350 e. The number of para-hydroxylation sites is 1. The lowest BCUT2D eigenvalue weighted by Gasteiger charge is -2.19. The summed E-state index contributed by atoms with van der Waals surface area (Å²) in [5.41, 5.74) is 1.17. The minimum atomic E-state index is -0.734. The molecule has 0 radical (unpaired) electrons. The van der Waals surface area contributed by atoms with Gasteiger partial charge in [-0.2, -0.15) is 4.68 Å². The molecule has 7 nitrogen and oxygen atoms in total. The summed E-state index contributed by atoms with van der Waals surface area (Å²) in [6.45, 7) is 7.79. The molecule has 3 aromatic rings. The van der Waals surface area contributed by atoms with Crippen molar-refractivity contribution >= 4 is 11.6 Å². The number of aryl methyl sites for hydroxylation is 2. The summed E-state index contributed by atoms with van der Waals surface area (Å²) >= 11 is 0. The molecule has 0 aliphatic rings. The molecule has 8 heteroatoms. The van der Waals surface area contributed by atoms with Crippen LogP contribution in [0.2, 0.25) is 0 Å². The lowest BCUT2D eigenvalue weighted by Crippen LogP contribution is -2.24. The minimum Gasteiger partial charge on any atom is -0.490 e. The molecule has 0 saturated carbocycles. The fourth-order valence-corrected chi connectivity index (χ4v) is 3.74. The van der Waals surface area contributed by atoms with Crippen LogP contribution in [0.5, 0.6) is 5.75 Å². The maximum atomic E-state index is 15.2. The molecule has 3 rings (SSSR count). The number of aromatic nitrogens is 3. The first-order chi connectivity index (χ1) is 15.8. The number of benzene rings is 2. The highest BCUT2D eigenvalue weighted by molar-refractivity contribution is 6.06. The van der Waals surface area contributed by atoms with E-state index in [-0.39, 0.29) is 23.1 Å². The largest absolute Gasteiger partial charge is 0.490 e. The molecule has 0 aliphatic carbocycles. The quantitative estimate of drug-likeness (QED) is 0.510. The molecular formula is C25H31FN4O3. The Bertz CT molecular complexity index is 1200. The average molecular weight is 455 g/mol. The second kappa shape index (κ2) is 10.5. The molecule has 33 heavy (non-hydrogen) atoms. The zero-order valence-electron chi connectivity index (χ0n) is 19.8. The minimum absolute atomic E-state index is 0.0560. The van der Waals surface area contributed by atoms with Crippen molar-refractivity contribution in [3.05, 3.63) is 69.7 Å². The van der Waals surface area contributed by atoms with Gasteiger partial charge in [0.05, 0.1) is 11.7 Å². The van der Waals surface area contributed by atoms with E-state index in [1.165, 1.54) is 10.6 Å². The molecule has 0 aliphatic heterocycles. The third-order valence-electron chi connectivity index (χ3n) is 5.58. The molecular weight excluding hydrogens is 423 g/mol. The number of rotatable bonds is 9. The second-order valence-corrected chi connectivity index (χ2v) is 8.00. The predicted molar refractivity (Wildman–Crippen MR) is 127 cm³/mol. The number of nitrogens with zero attached hydrogens (tertiary/aromatic N) is 3. The van der Waals surface area contributed by atoms with Gasteiger partial charge in [0, 0.05) is 25.2 Å². The average Bonchev–Trinajstić information content (AvgIpc) is 3.08. The Morgan fingerprint density at radius 2 is 1.91 bits per heavy atom. The molecule has 1 heterocycles. The zero-order valence-corrected chi connectivity index (χ0v) is 19.8. The Labute approximate surface area is 193 Å². The van der Waals surface area contributed by atoms with E-state index in [0.717, 1.165) is 35.6 Å². The zero-order chi connectivity index (χ0) is 24.1. The maximum absolute atomic E-state index is 15.2. The van der Waals surface area contributed by atoms with Gasteiger partial charge in [-0.15, -0.1) is 5.10 Å². The third kappa shape index (κ3) is 5.16. The lowest BCUT2D eigenvalue weighted by atomic mass is 10.1. The number of hydrogen-bond acceptors (Lipinski definition) is 4. The molecule has 0 saturated heterocycles. The van der Waals surface area contributed by atoms with Crippen molar-refractivity contribution in [3.8, 4) is 11.4 Å². The highest BCUT2D eigenvalue weighted by Gasteiger charge is 2.22. The third-order valence-corrected chi connectivity index (χ3v) is 5.58. The first-order valence-corrected chi connectivity index (χ1v) is 11.3. The van der Waals surface area contributed by atoms with E-state index in [2.05, 4.69) is 10.4 Å². The highest BCUT2D eigenvalue weighted by Crippen LogP contribution is 2.28. The van der Waals surface area contributed by atoms with Crippen molar-refractivity contribution in [3.63, 3.8) is 0 Å². The van der Waals surface area contributed by atoms with Crippen molar-refractivity contribution in [1.29, 1.82) is 0 Å². The van der Waals surface area contributed by atoms with Gasteiger partial charge in [0.25, 0.3) is 5.91 Å². The van der Waals surface area contributed by atoms with Crippen LogP contribution in [0.1, 0.15) is 62.3 Å². The first-order valence-electron chi connectivity index (χ1n) is 11.3. The van der Waals surface area contributed by atoms with Crippen LogP contribution in [0.4, 0.5) is 10.1 Å². The number of anilines is 1. The Morgan fingerprint density at radius 3 is 2.55 bits per heavy atom. The van der Waals surface area contributed by atoms with Gasteiger partial charge >= 0.3 is 5.69 Å². The lowest BCUT2D eigenvalue weighted by molar-refractivity contribution is 0.101.